The van der Waals surface area contributed by atoms with Gasteiger partial charge in [0.15, 0.2) is 0 Å². The lowest BCUT2D eigenvalue weighted by Crippen LogP contribution is -2.27. The molecule has 0 radical (unpaired) electrons. The lowest BCUT2D eigenvalue weighted by Gasteiger charge is -2.34. The molecule has 2 aromatic carbocycles. The van der Waals surface area contributed by atoms with Crippen molar-refractivity contribution in [2.24, 2.45) is 11.8 Å². The largest absolute Gasteiger partial charge is 0.481 e. The van der Waals surface area contributed by atoms with Crippen molar-refractivity contribution in [2.75, 3.05) is 0 Å². The molecule has 1 aliphatic rings. The minimum absolute atomic E-state index is 0.00672. The average molecular weight is 581 g/mol. The molecule has 3 aromatic rings. The summed E-state index contributed by atoms with van der Waals surface area (Å²) < 4.78 is 42.2. The van der Waals surface area contributed by atoms with Crippen molar-refractivity contribution < 1.29 is 23.1 Å². The highest BCUT2D eigenvalue weighted by atomic mass is 35.5. The first kappa shape index (κ1) is 29.5. The zero-order chi connectivity index (χ0) is 28.5. The summed E-state index contributed by atoms with van der Waals surface area (Å²) in [6, 6.07) is 10.5. The van der Waals surface area contributed by atoms with Crippen molar-refractivity contribution in [3.05, 3.63) is 81.1 Å². The van der Waals surface area contributed by atoms with Gasteiger partial charge < -0.3 is 9.67 Å². The summed E-state index contributed by atoms with van der Waals surface area (Å²) >= 11 is 12.8. The van der Waals surface area contributed by atoms with Crippen molar-refractivity contribution in [1.29, 1.82) is 0 Å². The molecule has 3 atom stereocenters. The number of benzene rings is 2. The van der Waals surface area contributed by atoms with E-state index >= 15 is 0 Å². The normalized spacial score (nSPS) is 18.3. The average Bonchev–Trinajstić information content (AvgIpc) is 3.23. The molecule has 1 heterocycles. The fraction of sp³-hybridized carbons (Fsp3) is 0.452. The number of carboxylic acid groups (broad SMARTS) is 1. The van der Waals surface area contributed by atoms with E-state index in [0.29, 0.717) is 22.4 Å². The van der Waals surface area contributed by atoms with Gasteiger partial charge in [0.05, 0.1) is 18.0 Å². The molecule has 0 saturated heterocycles. The number of rotatable bonds is 9. The van der Waals surface area contributed by atoms with E-state index in [-0.39, 0.29) is 24.3 Å². The summed E-state index contributed by atoms with van der Waals surface area (Å²) in [6.45, 7) is 6.32. The maximum absolute atomic E-state index is 13.4. The first-order valence-corrected chi connectivity index (χ1v) is 14.2. The number of nitrogens with zero attached hydrogens (tertiary/aromatic N) is 1. The summed E-state index contributed by atoms with van der Waals surface area (Å²) in [7, 11) is 0. The lowest BCUT2D eigenvalue weighted by atomic mass is 9.74. The molecule has 1 unspecified atom stereocenters. The maximum Gasteiger partial charge on any atom is 0.416 e. The molecule has 0 spiro atoms. The minimum Gasteiger partial charge on any atom is -0.481 e. The molecule has 0 amide bonds. The summed E-state index contributed by atoms with van der Waals surface area (Å²) in [5.41, 5.74) is 3.85. The number of halogens is 5. The zero-order valence-electron chi connectivity index (χ0n) is 22.4. The molecule has 4 rings (SSSR count). The third-order valence-corrected chi connectivity index (χ3v) is 8.53. The molecule has 0 aliphatic heterocycles. The summed E-state index contributed by atoms with van der Waals surface area (Å²) in [4.78, 5) is 12.1. The van der Waals surface area contributed by atoms with Gasteiger partial charge in [0, 0.05) is 39.0 Å². The van der Waals surface area contributed by atoms with Gasteiger partial charge >= 0.3 is 12.1 Å². The number of carbonyl (C=O) groups is 1. The second-order valence-electron chi connectivity index (χ2n) is 11.0. The Hall–Kier alpha value is -2.44. The Morgan fingerprint density at radius 1 is 1.08 bits per heavy atom. The predicted molar refractivity (Wildman–Crippen MR) is 151 cm³/mol. The lowest BCUT2D eigenvalue weighted by molar-refractivity contribution is -0.138. The fourth-order valence-electron chi connectivity index (χ4n) is 6.00. The van der Waals surface area contributed by atoms with E-state index in [4.69, 9.17) is 23.2 Å². The van der Waals surface area contributed by atoms with Gasteiger partial charge in [-0.2, -0.15) is 13.2 Å². The van der Waals surface area contributed by atoms with Gasteiger partial charge in [-0.3, -0.25) is 4.79 Å². The highest BCUT2D eigenvalue weighted by Gasteiger charge is 2.37. The number of alkyl halides is 3. The van der Waals surface area contributed by atoms with Crippen molar-refractivity contribution in [3.8, 4) is 11.1 Å². The van der Waals surface area contributed by atoms with Gasteiger partial charge in [-0.1, -0.05) is 68.6 Å². The van der Waals surface area contributed by atoms with Crippen LogP contribution in [0.2, 0.25) is 10.0 Å². The van der Waals surface area contributed by atoms with Crippen molar-refractivity contribution in [3.63, 3.8) is 0 Å². The first-order chi connectivity index (χ1) is 18.4. The van der Waals surface area contributed by atoms with Crippen LogP contribution in [0.4, 0.5) is 13.2 Å². The highest BCUT2D eigenvalue weighted by Crippen LogP contribution is 2.48. The molecule has 210 valence electrons. The molecule has 1 aliphatic carbocycles. The van der Waals surface area contributed by atoms with Gasteiger partial charge in [-0.25, -0.2) is 0 Å². The van der Waals surface area contributed by atoms with Crippen LogP contribution in [0.25, 0.3) is 11.1 Å². The Kier molecular flexibility index (Phi) is 9.07. The summed E-state index contributed by atoms with van der Waals surface area (Å²) in [5.74, 6) is -0.503. The fourth-order valence-corrected chi connectivity index (χ4v) is 6.51. The van der Waals surface area contributed by atoms with Crippen molar-refractivity contribution >= 4 is 29.2 Å². The number of hydrogen-bond acceptors (Lipinski definition) is 1. The molecule has 0 bridgehead atoms. The van der Waals surface area contributed by atoms with Crippen LogP contribution < -0.4 is 0 Å². The quantitative estimate of drug-likeness (QED) is 0.274. The Morgan fingerprint density at radius 2 is 1.77 bits per heavy atom. The van der Waals surface area contributed by atoms with Gasteiger partial charge in [0.1, 0.15) is 0 Å². The van der Waals surface area contributed by atoms with E-state index in [0.717, 1.165) is 65.8 Å². The van der Waals surface area contributed by atoms with Crippen LogP contribution in [0.3, 0.4) is 0 Å². The van der Waals surface area contributed by atoms with Crippen LogP contribution in [0, 0.1) is 11.8 Å². The second kappa shape index (κ2) is 12.0. The topological polar surface area (TPSA) is 42.2 Å². The first-order valence-electron chi connectivity index (χ1n) is 13.5. The van der Waals surface area contributed by atoms with Crippen LogP contribution in [0.1, 0.15) is 87.2 Å². The van der Waals surface area contributed by atoms with Crippen LogP contribution in [0.5, 0.6) is 0 Å². The summed E-state index contributed by atoms with van der Waals surface area (Å²) in [5, 5.41) is 10.9. The molecule has 8 heteroatoms. The highest BCUT2D eigenvalue weighted by molar-refractivity contribution is 6.36. The molecule has 0 fully saturated rings. The smallest absolute Gasteiger partial charge is 0.416 e. The molecule has 3 nitrogen and oxygen atoms in total. The van der Waals surface area contributed by atoms with Crippen molar-refractivity contribution in [2.45, 2.75) is 77.4 Å². The zero-order valence-corrected chi connectivity index (χ0v) is 23.9. The van der Waals surface area contributed by atoms with Crippen LogP contribution in [0.15, 0.2) is 48.7 Å². The second-order valence-corrected chi connectivity index (χ2v) is 11.8. The number of carboxylic acids is 1. The standard InChI is InChI=1S/C31H34Cl2F3NO2/c1-4-19-8-12-24-26(23-13-11-22(32)15-27(23)33)17-37(30(24)25(19)16-29(38)39)28(14-5-18(2)3)20-6-9-21(10-7-20)31(34,35)36/h6-7,9-11,13,15,17-19,25,28H,4-5,8,12,14,16H2,1-3H3,(H,38,39)/t19-,25?,28+/m0/s1. The number of aliphatic carboxylic acids is 1. The number of hydrogen-bond donors (Lipinski definition) is 1. The van der Waals surface area contributed by atoms with Crippen LogP contribution >= 0.6 is 23.2 Å². The molecule has 39 heavy (non-hydrogen) atoms. The van der Waals surface area contributed by atoms with Crippen molar-refractivity contribution in [1.82, 2.24) is 4.57 Å². The van der Waals surface area contributed by atoms with E-state index in [1.807, 2.05) is 12.3 Å². The van der Waals surface area contributed by atoms with Crippen LogP contribution in [-0.4, -0.2) is 15.6 Å². The van der Waals surface area contributed by atoms with Gasteiger partial charge in [0.2, 0.25) is 0 Å². The van der Waals surface area contributed by atoms with Gasteiger partial charge in [0.25, 0.3) is 0 Å². The Labute approximate surface area is 237 Å². The maximum atomic E-state index is 13.4. The molecular weight excluding hydrogens is 546 g/mol. The Bertz CT molecular complexity index is 1310. The van der Waals surface area contributed by atoms with E-state index in [1.165, 1.54) is 0 Å². The Balaban J connectivity index is 1.95. The summed E-state index contributed by atoms with van der Waals surface area (Å²) in [6.07, 6.45) is 1.65. The number of fused-ring (bicyclic) bond motifs is 1. The van der Waals surface area contributed by atoms with E-state index in [9.17, 15) is 23.1 Å². The van der Waals surface area contributed by atoms with Gasteiger partial charge in [-0.15, -0.1) is 0 Å². The predicted octanol–water partition coefficient (Wildman–Crippen LogP) is 10.0. The third kappa shape index (κ3) is 6.49. The molecule has 1 aromatic heterocycles. The van der Waals surface area contributed by atoms with E-state index < -0.39 is 17.7 Å². The molecular formula is C31H34Cl2F3NO2. The van der Waals surface area contributed by atoms with Crippen LogP contribution in [-0.2, 0) is 17.4 Å². The minimum atomic E-state index is -4.42. The molecule has 1 N–H and O–H groups in total. The molecule has 0 saturated carbocycles. The van der Waals surface area contributed by atoms with Gasteiger partial charge in [-0.05, 0) is 72.9 Å². The van der Waals surface area contributed by atoms with E-state index in [2.05, 4.69) is 25.3 Å². The third-order valence-electron chi connectivity index (χ3n) is 7.98. The van der Waals surface area contributed by atoms with E-state index in [1.54, 1.807) is 24.3 Å². The monoisotopic (exact) mass is 579 g/mol. The number of aromatic nitrogens is 1. The SMILES string of the molecule is CC[C@H]1CCc2c(-c3ccc(Cl)cc3Cl)cn([C@H](CCC(C)C)c3ccc(C(F)(F)F)cc3)c2C1CC(=O)O. The Morgan fingerprint density at radius 3 is 2.33 bits per heavy atom.